The Morgan fingerprint density at radius 1 is 1.11 bits per heavy atom. The Hall–Kier alpha value is -2.69. The molecule has 5 nitrogen and oxygen atoms in total. The average Bonchev–Trinajstić information content (AvgIpc) is 2.74. The van der Waals surface area contributed by atoms with E-state index in [0.717, 1.165) is 22.4 Å². The predicted octanol–water partition coefficient (Wildman–Crippen LogP) is 1.36. The third-order valence-electron chi connectivity index (χ3n) is 2.88. The molecule has 0 fully saturated rings. The summed E-state index contributed by atoms with van der Waals surface area (Å²) in [4.78, 5) is 15.6. The van der Waals surface area contributed by atoms with E-state index in [-0.39, 0.29) is 11.6 Å². The summed E-state index contributed by atoms with van der Waals surface area (Å²) >= 11 is 0. The zero-order chi connectivity index (χ0) is 12.5. The lowest BCUT2D eigenvalue weighted by molar-refractivity contribution is -0.110. The van der Waals surface area contributed by atoms with Gasteiger partial charge in [0.05, 0.1) is 5.69 Å². The second kappa shape index (κ2) is 3.96. The fraction of sp³-hybridized carbons (Fsp3) is 0. The number of carbonyl (C=O) groups is 1. The molecule has 1 aliphatic rings. The van der Waals surface area contributed by atoms with Crippen LogP contribution in [0, 0.1) is 0 Å². The van der Waals surface area contributed by atoms with Crippen molar-refractivity contribution < 1.29 is 4.79 Å². The molecule has 3 rings (SSSR count). The third-order valence-corrected chi connectivity index (χ3v) is 2.88. The van der Waals surface area contributed by atoms with E-state index in [2.05, 4.69) is 15.4 Å². The van der Waals surface area contributed by atoms with Gasteiger partial charge in [-0.1, -0.05) is 6.07 Å². The van der Waals surface area contributed by atoms with Crippen molar-refractivity contribution in [2.45, 2.75) is 0 Å². The number of nitrogens with one attached hydrogen (secondary N) is 1. The Morgan fingerprint density at radius 3 is 2.61 bits per heavy atom. The largest absolute Gasteiger partial charge is 0.322 e. The first-order chi connectivity index (χ1) is 8.79. The molecule has 5 heteroatoms. The van der Waals surface area contributed by atoms with Crippen LogP contribution in [0.25, 0.3) is 11.1 Å². The zero-order valence-electron chi connectivity index (χ0n) is 9.42. The molecule has 0 aliphatic carbocycles. The van der Waals surface area contributed by atoms with Crippen LogP contribution in [0.3, 0.4) is 0 Å². The van der Waals surface area contributed by atoms with Gasteiger partial charge in [-0.25, -0.2) is 0 Å². The molecule has 88 valence electrons. The predicted molar refractivity (Wildman–Crippen MR) is 69.0 cm³/mol. The zero-order valence-corrected chi connectivity index (χ0v) is 9.42. The molecule has 3 N–H and O–H groups in total. The lowest BCUT2D eigenvalue weighted by Crippen LogP contribution is -2.15. The van der Waals surface area contributed by atoms with Crippen LogP contribution in [0.5, 0.6) is 0 Å². The summed E-state index contributed by atoms with van der Waals surface area (Å²) in [7, 11) is 0. The van der Waals surface area contributed by atoms with Crippen LogP contribution in [0.15, 0.2) is 47.8 Å². The number of anilines is 1. The van der Waals surface area contributed by atoms with Gasteiger partial charge < -0.3 is 11.2 Å². The molecular weight excluding hydrogens is 228 g/mol. The maximum absolute atomic E-state index is 11.6. The van der Waals surface area contributed by atoms with Gasteiger partial charge in [-0.05, 0) is 35.4 Å². The lowest BCUT2D eigenvalue weighted by Gasteiger charge is -2.03. The first kappa shape index (κ1) is 10.5. The Kier molecular flexibility index (Phi) is 2.30. The van der Waals surface area contributed by atoms with E-state index in [9.17, 15) is 4.79 Å². The SMILES string of the molecule is N/N=C1\C(=O)Nc2ccc(-c3ccncc3)cc21. The monoisotopic (exact) mass is 238 g/mol. The first-order valence-electron chi connectivity index (χ1n) is 5.43. The number of aromatic nitrogens is 1. The highest BCUT2D eigenvalue weighted by atomic mass is 16.2. The smallest absolute Gasteiger partial charge is 0.276 e. The van der Waals surface area contributed by atoms with Crippen molar-refractivity contribution in [3.63, 3.8) is 0 Å². The summed E-state index contributed by atoms with van der Waals surface area (Å²) in [6, 6.07) is 9.50. The van der Waals surface area contributed by atoms with Gasteiger partial charge in [0.1, 0.15) is 0 Å². The van der Waals surface area contributed by atoms with Crippen molar-refractivity contribution in [3.05, 3.63) is 48.3 Å². The number of pyridine rings is 1. The minimum absolute atomic E-state index is 0.264. The van der Waals surface area contributed by atoms with Gasteiger partial charge in [-0.3, -0.25) is 9.78 Å². The highest BCUT2D eigenvalue weighted by Crippen LogP contribution is 2.28. The molecule has 1 aromatic carbocycles. The molecule has 0 saturated carbocycles. The number of rotatable bonds is 1. The number of benzene rings is 1. The Labute approximate surface area is 103 Å². The summed E-state index contributed by atoms with van der Waals surface area (Å²) in [6.45, 7) is 0. The number of hydrogen-bond donors (Lipinski definition) is 2. The van der Waals surface area contributed by atoms with Crippen LogP contribution in [0.2, 0.25) is 0 Å². The molecule has 1 amide bonds. The van der Waals surface area contributed by atoms with Crippen molar-refractivity contribution >= 4 is 17.3 Å². The van der Waals surface area contributed by atoms with E-state index in [0.29, 0.717) is 0 Å². The van der Waals surface area contributed by atoms with Gasteiger partial charge in [-0.15, -0.1) is 0 Å². The normalized spacial score (nSPS) is 15.6. The Morgan fingerprint density at radius 2 is 1.89 bits per heavy atom. The number of hydrogen-bond acceptors (Lipinski definition) is 4. The number of fused-ring (bicyclic) bond motifs is 1. The minimum Gasteiger partial charge on any atom is -0.322 e. The van der Waals surface area contributed by atoms with Gasteiger partial charge in [-0.2, -0.15) is 5.10 Å². The summed E-state index contributed by atoms with van der Waals surface area (Å²) < 4.78 is 0. The number of carbonyl (C=O) groups excluding carboxylic acids is 1. The van der Waals surface area contributed by atoms with E-state index >= 15 is 0 Å². The molecule has 2 heterocycles. The minimum atomic E-state index is -0.264. The molecule has 0 saturated heterocycles. The number of amides is 1. The van der Waals surface area contributed by atoms with Gasteiger partial charge in [0.15, 0.2) is 5.71 Å². The number of nitrogens with two attached hydrogens (primary N) is 1. The van der Waals surface area contributed by atoms with E-state index in [1.54, 1.807) is 12.4 Å². The molecule has 0 atom stereocenters. The summed E-state index contributed by atoms with van der Waals surface area (Å²) in [5, 5.41) is 6.25. The van der Waals surface area contributed by atoms with Gasteiger partial charge >= 0.3 is 0 Å². The van der Waals surface area contributed by atoms with Crippen LogP contribution in [-0.2, 0) is 4.79 Å². The van der Waals surface area contributed by atoms with Crippen molar-refractivity contribution in [2.24, 2.45) is 10.9 Å². The van der Waals surface area contributed by atoms with E-state index in [4.69, 9.17) is 5.84 Å². The number of nitrogens with zero attached hydrogens (tertiary/aromatic N) is 2. The molecule has 2 aromatic rings. The molecule has 0 radical (unpaired) electrons. The highest BCUT2D eigenvalue weighted by molar-refractivity contribution is 6.53. The average molecular weight is 238 g/mol. The summed E-state index contributed by atoms with van der Waals surface area (Å²) in [6.07, 6.45) is 3.45. The Balaban J connectivity index is 2.13. The maximum atomic E-state index is 11.6. The molecule has 1 aromatic heterocycles. The molecular formula is C13H10N4O. The standard InChI is InChI=1S/C13H10N4O/c14-17-12-10-7-9(8-3-5-15-6-4-8)1-2-11(10)16-13(12)18/h1-7H,14H2,(H,16,17,18). The Bertz CT molecular complexity index is 649. The van der Waals surface area contributed by atoms with E-state index in [1.165, 1.54) is 0 Å². The molecule has 0 spiro atoms. The summed E-state index contributed by atoms with van der Waals surface area (Å²) in [5.41, 5.74) is 3.76. The van der Waals surface area contributed by atoms with E-state index in [1.807, 2.05) is 30.3 Å². The van der Waals surface area contributed by atoms with Crippen molar-refractivity contribution in [1.29, 1.82) is 0 Å². The van der Waals surface area contributed by atoms with Gasteiger partial charge in [0.2, 0.25) is 0 Å². The van der Waals surface area contributed by atoms with Gasteiger partial charge in [0, 0.05) is 18.0 Å². The fourth-order valence-corrected chi connectivity index (χ4v) is 2.01. The second-order valence-corrected chi connectivity index (χ2v) is 3.93. The van der Waals surface area contributed by atoms with Crippen LogP contribution >= 0.6 is 0 Å². The van der Waals surface area contributed by atoms with E-state index < -0.39 is 0 Å². The fourth-order valence-electron chi connectivity index (χ4n) is 2.01. The topological polar surface area (TPSA) is 80.4 Å². The van der Waals surface area contributed by atoms with Crippen LogP contribution < -0.4 is 11.2 Å². The molecule has 1 aliphatic heterocycles. The highest BCUT2D eigenvalue weighted by Gasteiger charge is 2.26. The quantitative estimate of drug-likeness (QED) is 0.581. The molecule has 0 unspecified atom stereocenters. The lowest BCUT2D eigenvalue weighted by atomic mass is 10.0. The maximum Gasteiger partial charge on any atom is 0.276 e. The van der Waals surface area contributed by atoms with Crippen molar-refractivity contribution in [1.82, 2.24) is 4.98 Å². The summed E-state index contributed by atoms with van der Waals surface area (Å²) in [5.74, 6) is 4.98. The second-order valence-electron chi connectivity index (χ2n) is 3.93. The molecule has 0 bridgehead atoms. The van der Waals surface area contributed by atoms with Crippen LogP contribution in [0.4, 0.5) is 5.69 Å². The van der Waals surface area contributed by atoms with Crippen molar-refractivity contribution in [2.75, 3.05) is 5.32 Å². The van der Waals surface area contributed by atoms with Crippen LogP contribution in [0.1, 0.15) is 5.56 Å². The third kappa shape index (κ3) is 1.53. The first-order valence-corrected chi connectivity index (χ1v) is 5.43. The number of hydrazone groups is 1. The molecule has 18 heavy (non-hydrogen) atoms. The van der Waals surface area contributed by atoms with Gasteiger partial charge in [0.25, 0.3) is 5.91 Å². The van der Waals surface area contributed by atoms with Crippen LogP contribution in [-0.4, -0.2) is 16.6 Å². The van der Waals surface area contributed by atoms with Crippen molar-refractivity contribution in [3.8, 4) is 11.1 Å².